The van der Waals surface area contributed by atoms with E-state index in [0.29, 0.717) is 16.5 Å². The molecule has 2 aromatic rings. The summed E-state index contributed by atoms with van der Waals surface area (Å²) >= 11 is 2.54. The molecule has 0 aliphatic carbocycles. The van der Waals surface area contributed by atoms with Gasteiger partial charge in [-0.15, -0.1) is 0 Å². The highest BCUT2D eigenvalue weighted by atomic mass is 32.2. The maximum absolute atomic E-state index is 11.4. The Morgan fingerprint density at radius 3 is 2.83 bits per heavy atom. The van der Waals surface area contributed by atoms with Gasteiger partial charge in [-0.3, -0.25) is 0 Å². The summed E-state index contributed by atoms with van der Waals surface area (Å²) < 4.78 is 9.40. The molecule has 2 N–H and O–H groups in total. The normalized spacial score (nSPS) is 10.3. The molecular formula is C10H10N4O2S2. The Balaban J connectivity index is 2.29. The molecule has 0 radical (unpaired) electrons. The van der Waals surface area contributed by atoms with E-state index in [1.54, 1.807) is 6.07 Å². The fraction of sp³-hybridized carbons (Fsp3) is 0.200. The van der Waals surface area contributed by atoms with Crippen LogP contribution in [-0.4, -0.2) is 27.4 Å². The van der Waals surface area contributed by atoms with E-state index in [9.17, 15) is 4.79 Å². The molecule has 0 saturated carbocycles. The quantitative estimate of drug-likeness (QED) is 0.857. The lowest BCUT2D eigenvalue weighted by molar-refractivity contribution is 0.0593. The van der Waals surface area contributed by atoms with Crippen LogP contribution in [0.2, 0.25) is 0 Å². The summed E-state index contributed by atoms with van der Waals surface area (Å²) in [5.74, 6) is 0.204. The third-order valence-corrected chi connectivity index (χ3v) is 3.84. The number of hydrogen-bond donors (Lipinski definition) is 1. The molecule has 0 unspecified atom stereocenters. The van der Waals surface area contributed by atoms with Gasteiger partial charge in [-0.1, -0.05) is 0 Å². The lowest BCUT2D eigenvalue weighted by Crippen LogP contribution is -2.05. The fourth-order valence-corrected chi connectivity index (χ4v) is 2.75. The van der Waals surface area contributed by atoms with Gasteiger partial charge < -0.3 is 10.5 Å². The van der Waals surface area contributed by atoms with Crippen LogP contribution in [0.4, 0.5) is 5.69 Å². The predicted octanol–water partition coefficient (Wildman–Crippen LogP) is 1.76. The third-order valence-electron chi connectivity index (χ3n) is 1.98. The van der Waals surface area contributed by atoms with Gasteiger partial charge in [0.25, 0.3) is 0 Å². The van der Waals surface area contributed by atoms with E-state index in [1.807, 2.05) is 6.92 Å². The molecule has 0 aromatic carbocycles. The Morgan fingerprint density at radius 2 is 2.22 bits per heavy atom. The minimum absolute atomic E-state index is 0.218. The van der Waals surface area contributed by atoms with Crippen LogP contribution in [0.1, 0.15) is 16.3 Å². The van der Waals surface area contributed by atoms with Crippen molar-refractivity contribution in [1.29, 1.82) is 0 Å². The second-order valence-electron chi connectivity index (χ2n) is 3.29. The van der Waals surface area contributed by atoms with Crippen molar-refractivity contribution in [2.75, 3.05) is 12.8 Å². The largest absolute Gasteiger partial charge is 0.464 e. The highest BCUT2D eigenvalue weighted by Crippen LogP contribution is 2.31. The molecular weight excluding hydrogens is 272 g/mol. The van der Waals surface area contributed by atoms with E-state index >= 15 is 0 Å². The van der Waals surface area contributed by atoms with Gasteiger partial charge in [0.2, 0.25) is 0 Å². The van der Waals surface area contributed by atoms with E-state index in [-0.39, 0.29) is 5.69 Å². The standard InChI is InChI=1S/C10H10N4O2S2/c1-5-12-10(18-14-5)17-8-6(11)3-4-7(13-8)9(15)16-2/h3-4H,11H2,1-2H3. The molecule has 0 saturated heterocycles. The molecule has 6 nitrogen and oxygen atoms in total. The molecule has 2 aromatic heterocycles. The van der Waals surface area contributed by atoms with Gasteiger partial charge in [-0.25, -0.2) is 14.8 Å². The Bertz CT molecular complexity index is 585. The number of methoxy groups -OCH3 is 1. The topological polar surface area (TPSA) is 91.0 Å². The number of aromatic nitrogens is 3. The van der Waals surface area contributed by atoms with Crippen LogP contribution in [0.5, 0.6) is 0 Å². The van der Waals surface area contributed by atoms with Gasteiger partial charge >= 0.3 is 5.97 Å². The van der Waals surface area contributed by atoms with Crippen molar-refractivity contribution in [1.82, 2.24) is 14.3 Å². The molecule has 94 valence electrons. The first-order valence-electron chi connectivity index (χ1n) is 4.93. The molecule has 0 amide bonds. The van der Waals surface area contributed by atoms with Crippen LogP contribution in [0.15, 0.2) is 21.5 Å². The zero-order valence-corrected chi connectivity index (χ0v) is 11.3. The van der Waals surface area contributed by atoms with Crippen molar-refractivity contribution in [3.8, 4) is 0 Å². The lowest BCUT2D eigenvalue weighted by atomic mass is 10.3. The van der Waals surface area contributed by atoms with E-state index in [0.717, 1.165) is 4.34 Å². The first kappa shape index (κ1) is 12.8. The number of nitrogens with two attached hydrogens (primary N) is 1. The van der Waals surface area contributed by atoms with Gasteiger partial charge in [0.15, 0.2) is 4.34 Å². The summed E-state index contributed by atoms with van der Waals surface area (Å²) in [5, 5.41) is 0.522. The smallest absolute Gasteiger partial charge is 0.356 e. The summed E-state index contributed by atoms with van der Waals surface area (Å²) in [6, 6.07) is 3.14. The van der Waals surface area contributed by atoms with Gasteiger partial charge in [0.05, 0.1) is 12.8 Å². The van der Waals surface area contributed by atoms with Crippen LogP contribution >= 0.6 is 23.3 Å². The molecule has 2 heterocycles. The number of carbonyl (C=O) groups excluding carboxylic acids is 1. The zero-order valence-electron chi connectivity index (χ0n) is 9.71. The molecule has 0 atom stereocenters. The van der Waals surface area contributed by atoms with E-state index < -0.39 is 5.97 Å². The number of pyridine rings is 1. The summed E-state index contributed by atoms with van der Waals surface area (Å²) in [4.78, 5) is 19.7. The molecule has 0 bridgehead atoms. The number of carbonyl (C=O) groups is 1. The van der Waals surface area contributed by atoms with Crippen LogP contribution in [-0.2, 0) is 4.74 Å². The van der Waals surface area contributed by atoms with Crippen molar-refractivity contribution in [3.63, 3.8) is 0 Å². The zero-order chi connectivity index (χ0) is 13.1. The van der Waals surface area contributed by atoms with Crippen molar-refractivity contribution in [2.24, 2.45) is 0 Å². The van der Waals surface area contributed by atoms with Gasteiger partial charge in [0.1, 0.15) is 16.5 Å². The van der Waals surface area contributed by atoms with Crippen LogP contribution in [0, 0.1) is 6.92 Å². The molecule has 0 aliphatic rings. The third kappa shape index (κ3) is 2.77. The molecule has 18 heavy (non-hydrogen) atoms. The number of anilines is 1. The molecule has 0 aliphatic heterocycles. The van der Waals surface area contributed by atoms with Crippen LogP contribution in [0.3, 0.4) is 0 Å². The van der Waals surface area contributed by atoms with E-state index in [2.05, 4.69) is 19.1 Å². The number of rotatable bonds is 3. The fourth-order valence-electron chi connectivity index (χ4n) is 1.15. The van der Waals surface area contributed by atoms with E-state index in [1.165, 1.54) is 36.5 Å². The van der Waals surface area contributed by atoms with Crippen molar-refractivity contribution in [3.05, 3.63) is 23.7 Å². The molecule has 8 heteroatoms. The minimum atomic E-state index is -0.495. The average molecular weight is 282 g/mol. The maximum atomic E-state index is 11.4. The average Bonchev–Trinajstić information content (AvgIpc) is 2.76. The molecule has 2 rings (SSSR count). The summed E-state index contributed by atoms with van der Waals surface area (Å²) in [7, 11) is 1.31. The molecule has 0 fully saturated rings. The van der Waals surface area contributed by atoms with E-state index in [4.69, 9.17) is 5.73 Å². The van der Waals surface area contributed by atoms with Crippen molar-refractivity contribution < 1.29 is 9.53 Å². The Morgan fingerprint density at radius 1 is 1.44 bits per heavy atom. The summed E-state index contributed by atoms with van der Waals surface area (Å²) in [6.45, 7) is 1.81. The van der Waals surface area contributed by atoms with Crippen LogP contribution in [0.25, 0.3) is 0 Å². The minimum Gasteiger partial charge on any atom is -0.464 e. The monoisotopic (exact) mass is 282 g/mol. The number of nitrogen functional groups attached to an aromatic ring is 1. The highest BCUT2D eigenvalue weighted by molar-refractivity contribution is 8.01. The number of nitrogens with zero attached hydrogens (tertiary/aromatic N) is 3. The Labute approximate surface area is 112 Å². The summed E-state index contributed by atoms with van der Waals surface area (Å²) in [6.07, 6.45) is 0. The maximum Gasteiger partial charge on any atom is 0.356 e. The Kier molecular flexibility index (Phi) is 3.78. The predicted molar refractivity (Wildman–Crippen MR) is 68.8 cm³/mol. The summed E-state index contributed by atoms with van der Waals surface area (Å²) in [5.41, 5.74) is 6.51. The second-order valence-corrected chi connectivity index (χ2v) is 5.28. The first-order chi connectivity index (χ1) is 8.60. The van der Waals surface area contributed by atoms with Gasteiger partial charge in [0, 0.05) is 0 Å². The number of esters is 1. The van der Waals surface area contributed by atoms with Crippen LogP contribution < -0.4 is 5.73 Å². The number of aryl methyl sites for hydroxylation is 1. The Hall–Kier alpha value is -1.67. The van der Waals surface area contributed by atoms with Gasteiger partial charge in [-0.05, 0) is 42.4 Å². The SMILES string of the molecule is COC(=O)c1ccc(N)c(Sc2nc(C)ns2)n1. The highest BCUT2D eigenvalue weighted by Gasteiger charge is 2.13. The lowest BCUT2D eigenvalue weighted by Gasteiger charge is -2.04. The number of ether oxygens (including phenoxy) is 1. The first-order valence-corrected chi connectivity index (χ1v) is 6.52. The van der Waals surface area contributed by atoms with Crippen molar-refractivity contribution >= 4 is 35.0 Å². The number of hydrogen-bond acceptors (Lipinski definition) is 8. The second kappa shape index (κ2) is 5.32. The van der Waals surface area contributed by atoms with Gasteiger partial charge in [-0.2, -0.15) is 4.37 Å². The molecule has 0 spiro atoms. The van der Waals surface area contributed by atoms with Crippen molar-refractivity contribution in [2.45, 2.75) is 16.3 Å².